The lowest BCUT2D eigenvalue weighted by molar-refractivity contribution is 0.537. The van der Waals surface area contributed by atoms with E-state index in [0.29, 0.717) is 0 Å². The number of hydrogen-bond donors (Lipinski definition) is 0. The lowest BCUT2D eigenvalue weighted by atomic mass is 9.96. The monoisotopic (exact) mass is 275 g/mol. The molecule has 0 aliphatic carbocycles. The van der Waals surface area contributed by atoms with Gasteiger partial charge in [0.1, 0.15) is 5.75 Å². The molecule has 2 heteroatoms. The zero-order chi connectivity index (χ0) is 14.6. The Labute approximate surface area is 124 Å². The number of fused-ring (bicyclic) bond motifs is 5. The molecule has 0 saturated carbocycles. The summed E-state index contributed by atoms with van der Waals surface area (Å²) in [6.07, 6.45) is 4.14. The molecule has 0 N–H and O–H groups in total. The van der Waals surface area contributed by atoms with Crippen LogP contribution in [-0.4, -0.2) is 7.05 Å². The molecule has 0 atom stereocenters. The van der Waals surface area contributed by atoms with Gasteiger partial charge >= 0.3 is 0 Å². The van der Waals surface area contributed by atoms with Crippen molar-refractivity contribution in [2.45, 2.75) is 13.8 Å². The van der Waals surface area contributed by atoms with Gasteiger partial charge in [-0.3, -0.25) is 0 Å². The van der Waals surface area contributed by atoms with Crippen molar-refractivity contribution in [1.82, 2.24) is 0 Å². The number of rotatable bonds is 0. The Balaban J connectivity index is 2.09. The van der Waals surface area contributed by atoms with Crippen LogP contribution in [0.15, 0.2) is 47.7 Å². The molecule has 0 aromatic heterocycles. The summed E-state index contributed by atoms with van der Waals surface area (Å²) in [5.74, 6) is 0.928. The predicted octanol–water partition coefficient (Wildman–Crippen LogP) is 3.01. The molecule has 2 aliphatic heterocycles. The highest BCUT2D eigenvalue weighted by Gasteiger charge is 2.18. The lowest BCUT2D eigenvalue weighted by Crippen LogP contribution is -2.37. The summed E-state index contributed by atoms with van der Waals surface area (Å²) in [5, 5.41) is 2.41. The van der Waals surface area contributed by atoms with E-state index in [-0.39, 0.29) is 0 Å². The maximum Gasteiger partial charge on any atom is 0.134 e. The number of hydrogen-bond acceptors (Lipinski definition) is 2. The summed E-state index contributed by atoms with van der Waals surface area (Å²) in [6.45, 7) is 4.32. The second kappa shape index (κ2) is 4.26. The fraction of sp³-hybridized carbons (Fsp3) is 0.158. The first-order valence-electron chi connectivity index (χ1n) is 7.19. The van der Waals surface area contributed by atoms with Gasteiger partial charge in [-0.2, -0.15) is 0 Å². The minimum Gasteiger partial charge on any atom is -0.464 e. The van der Waals surface area contributed by atoms with E-state index in [4.69, 9.17) is 4.74 Å². The molecule has 0 amide bonds. The van der Waals surface area contributed by atoms with Crippen LogP contribution in [0.1, 0.15) is 13.8 Å². The molecule has 0 spiro atoms. The highest BCUT2D eigenvalue weighted by Crippen LogP contribution is 2.31. The van der Waals surface area contributed by atoms with Crippen LogP contribution >= 0.6 is 0 Å². The number of nitrogens with zero attached hydrogens (tertiary/aromatic N) is 1. The maximum absolute atomic E-state index is 5.83. The van der Waals surface area contributed by atoms with Gasteiger partial charge in [-0.25, -0.2) is 0 Å². The van der Waals surface area contributed by atoms with Crippen LogP contribution in [0.3, 0.4) is 0 Å². The van der Waals surface area contributed by atoms with Crippen molar-refractivity contribution in [2.75, 3.05) is 11.9 Å². The van der Waals surface area contributed by atoms with E-state index in [1.54, 1.807) is 0 Å². The largest absolute Gasteiger partial charge is 0.464 e. The van der Waals surface area contributed by atoms with Crippen molar-refractivity contribution in [3.05, 3.63) is 58.1 Å². The Morgan fingerprint density at radius 1 is 0.905 bits per heavy atom. The Morgan fingerprint density at radius 3 is 2.57 bits per heavy atom. The summed E-state index contributed by atoms with van der Waals surface area (Å²) in [4.78, 5) is 2.25. The van der Waals surface area contributed by atoms with Gasteiger partial charge in [-0.1, -0.05) is 24.3 Å². The molecule has 2 nitrogen and oxygen atoms in total. The molecule has 4 rings (SSSR count). The first kappa shape index (κ1) is 12.3. The smallest absolute Gasteiger partial charge is 0.134 e. The molecule has 0 unspecified atom stereocenters. The second-order valence-corrected chi connectivity index (χ2v) is 5.66. The zero-order valence-electron chi connectivity index (χ0n) is 12.5. The normalized spacial score (nSPS) is 15.3. The predicted molar refractivity (Wildman–Crippen MR) is 87.5 cm³/mol. The van der Waals surface area contributed by atoms with Crippen molar-refractivity contribution in [2.24, 2.45) is 0 Å². The van der Waals surface area contributed by atoms with Gasteiger partial charge in [-0.15, -0.1) is 0 Å². The molecule has 2 aromatic carbocycles. The average molecular weight is 275 g/mol. The Hall–Kier alpha value is -2.48. The van der Waals surface area contributed by atoms with E-state index >= 15 is 0 Å². The van der Waals surface area contributed by atoms with Crippen LogP contribution in [0.5, 0.6) is 5.75 Å². The number of allylic oxidation sites excluding steroid dienone is 2. The Kier molecular flexibility index (Phi) is 2.49. The topological polar surface area (TPSA) is 12.5 Å². The molecule has 104 valence electrons. The molecule has 0 fully saturated rings. The number of para-hydroxylation sites is 1. The molecule has 2 heterocycles. The van der Waals surface area contributed by atoms with Crippen LogP contribution in [-0.2, 0) is 0 Å². The summed E-state index contributed by atoms with van der Waals surface area (Å²) in [7, 11) is 2.12. The van der Waals surface area contributed by atoms with Gasteiger partial charge < -0.3 is 9.64 Å². The summed E-state index contributed by atoms with van der Waals surface area (Å²) in [6, 6.07) is 12.6. The minimum atomic E-state index is 0.928. The van der Waals surface area contributed by atoms with Gasteiger partial charge in [0.2, 0.25) is 0 Å². The minimum absolute atomic E-state index is 0.928. The summed E-state index contributed by atoms with van der Waals surface area (Å²) >= 11 is 0. The first-order valence-corrected chi connectivity index (χ1v) is 7.19. The van der Waals surface area contributed by atoms with Crippen molar-refractivity contribution in [3.8, 4) is 16.9 Å². The van der Waals surface area contributed by atoms with Crippen LogP contribution in [0.25, 0.3) is 23.5 Å². The number of benzene rings is 2. The van der Waals surface area contributed by atoms with Gasteiger partial charge in [0.25, 0.3) is 0 Å². The third-order valence-electron chi connectivity index (χ3n) is 4.54. The van der Waals surface area contributed by atoms with Gasteiger partial charge in [0, 0.05) is 34.4 Å². The molecule has 2 aliphatic rings. The first-order chi connectivity index (χ1) is 10.2. The quantitative estimate of drug-likeness (QED) is 0.733. The third kappa shape index (κ3) is 1.65. The maximum atomic E-state index is 5.83. The molecule has 0 saturated heterocycles. The van der Waals surface area contributed by atoms with Gasteiger partial charge in [-0.05, 0) is 43.2 Å². The van der Waals surface area contributed by atoms with Crippen molar-refractivity contribution in [1.29, 1.82) is 0 Å². The van der Waals surface area contributed by atoms with E-state index in [2.05, 4.69) is 56.1 Å². The lowest BCUT2D eigenvalue weighted by Gasteiger charge is -2.27. The van der Waals surface area contributed by atoms with Crippen molar-refractivity contribution < 1.29 is 4.74 Å². The van der Waals surface area contributed by atoms with Gasteiger partial charge in [0.15, 0.2) is 0 Å². The Morgan fingerprint density at radius 2 is 1.71 bits per heavy atom. The number of ether oxygens (including phenoxy) is 1. The average Bonchev–Trinajstić information content (AvgIpc) is 2.52. The Bertz CT molecular complexity index is 906. The molecule has 0 bridgehead atoms. The molecule has 21 heavy (non-hydrogen) atoms. The summed E-state index contributed by atoms with van der Waals surface area (Å²) in [5.41, 5.74) is 6.23. The fourth-order valence-corrected chi connectivity index (χ4v) is 3.11. The highest BCUT2D eigenvalue weighted by molar-refractivity contribution is 5.78. The van der Waals surface area contributed by atoms with E-state index in [0.717, 1.165) is 11.3 Å². The third-order valence-corrected chi connectivity index (χ3v) is 4.54. The summed E-state index contributed by atoms with van der Waals surface area (Å²) < 4.78 is 5.83. The van der Waals surface area contributed by atoms with Crippen LogP contribution in [0, 0.1) is 0 Å². The van der Waals surface area contributed by atoms with E-state index in [1.165, 1.54) is 33.0 Å². The molecule has 2 aromatic rings. The van der Waals surface area contributed by atoms with E-state index in [9.17, 15) is 0 Å². The SMILES string of the molecule is CC1=C(C)N(C)c2ccc3c(c2=C1)=COc1ccccc1-3. The van der Waals surface area contributed by atoms with Crippen molar-refractivity contribution >= 4 is 18.0 Å². The van der Waals surface area contributed by atoms with Crippen molar-refractivity contribution in [3.63, 3.8) is 0 Å². The molecular formula is C19H17NO. The van der Waals surface area contributed by atoms with E-state index in [1.807, 2.05) is 18.4 Å². The fourth-order valence-electron chi connectivity index (χ4n) is 3.11. The van der Waals surface area contributed by atoms with E-state index < -0.39 is 0 Å². The molecule has 0 radical (unpaired) electrons. The van der Waals surface area contributed by atoms with Crippen LogP contribution in [0.2, 0.25) is 0 Å². The van der Waals surface area contributed by atoms with Gasteiger partial charge in [0.05, 0.1) is 6.26 Å². The second-order valence-electron chi connectivity index (χ2n) is 5.66. The van der Waals surface area contributed by atoms with Crippen LogP contribution < -0.4 is 20.1 Å². The molecular weight excluding hydrogens is 258 g/mol. The van der Waals surface area contributed by atoms with Crippen LogP contribution in [0.4, 0.5) is 5.69 Å². The highest BCUT2D eigenvalue weighted by atomic mass is 16.5. The zero-order valence-corrected chi connectivity index (χ0v) is 12.5. The number of anilines is 1. The standard InChI is InChI=1S/C19H17NO/c1-12-10-16-17-11-21-19-7-5-4-6-15(19)14(17)8-9-18(16)20(3)13(12)2/h4-11H,1-3H3.